The second-order valence-corrected chi connectivity index (χ2v) is 4.46. The standard InChI is InChI=1S/C13H16ClN3O/c1-8-3-4-11(18-2)9(7-8)13-16-10(5-6-15)12(14)17-13/h3-4,7H,5-6,15H2,1-2H3,(H,16,17). The highest BCUT2D eigenvalue weighted by molar-refractivity contribution is 6.30. The monoisotopic (exact) mass is 265 g/mol. The Balaban J connectivity index is 2.47. The minimum absolute atomic E-state index is 0.471. The van der Waals surface area contributed by atoms with Crippen molar-refractivity contribution in [3.8, 4) is 17.1 Å². The maximum Gasteiger partial charge on any atom is 0.150 e. The van der Waals surface area contributed by atoms with Crippen LogP contribution in [0.4, 0.5) is 0 Å². The van der Waals surface area contributed by atoms with E-state index in [-0.39, 0.29) is 0 Å². The Hall–Kier alpha value is -1.52. The van der Waals surface area contributed by atoms with Crippen molar-refractivity contribution < 1.29 is 4.74 Å². The quantitative estimate of drug-likeness (QED) is 0.893. The number of aromatic amines is 1. The van der Waals surface area contributed by atoms with Crippen molar-refractivity contribution in [1.82, 2.24) is 9.97 Å². The minimum Gasteiger partial charge on any atom is -0.496 e. The SMILES string of the molecule is COc1ccc(C)cc1-c1nc(Cl)c(CCN)[nH]1. The number of nitrogens with one attached hydrogen (secondary N) is 1. The highest BCUT2D eigenvalue weighted by atomic mass is 35.5. The second-order valence-electron chi connectivity index (χ2n) is 4.10. The van der Waals surface area contributed by atoms with Gasteiger partial charge in [0.2, 0.25) is 0 Å². The van der Waals surface area contributed by atoms with Gasteiger partial charge >= 0.3 is 0 Å². The summed E-state index contributed by atoms with van der Waals surface area (Å²) in [6.45, 7) is 2.56. The molecule has 2 aromatic rings. The summed E-state index contributed by atoms with van der Waals surface area (Å²) >= 11 is 6.07. The van der Waals surface area contributed by atoms with E-state index in [1.807, 2.05) is 25.1 Å². The molecule has 5 heteroatoms. The molecule has 1 aromatic heterocycles. The molecule has 18 heavy (non-hydrogen) atoms. The van der Waals surface area contributed by atoms with Gasteiger partial charge in [0, 0.05) is 6.42 Å². The number of imidazole rings is 1. The van der Waals surface area contributed by atoms with Crippen LogP contribution in [-0.4, -0.2) is 23.6 Å². The molecule has 0 saturated carbocycles. The summed E-state index contributed by atoms with van der Waals surface area (Å²) in [5.74, 6) is 1.48. The first kappa shape index (κ1) is 12.9. The number of methoxy groups -OCH3 is 1. The Labute approximate surface area is 111 Å². The molecule has 0 aliphatic heterocycles. The number of benzene rings is 1. The lowest BCUT2D eigenvalue weighted by atomic mass is 10.1. The molecule has 0 saturated heterocycles. The number of hydrogen-bond donors (Lipinski definition) is 2. The topological polar surface area (TPSA) is 63.9 Å². The lowest BCUT2D eigenvalue weighted by Gasteiger charge is -2.06. The van der Waals surface area contributed by atoms with Crippen molar-refractivity contribution in [2.75, 3.05) is 13.7 Å². The number of ether oxygens (including phenoxy) is 1. The fourth-order valence-electron chi connectivity index (χ4n) is 1.83. The van der Waals surface area contributed by atoms with Crippen LogP contribution in [0.1, 0.15) is 11.3 Å². The number of aromatic nitrogens is 2. The molecule has 0 radical (unpaired) electrons. The second kappa shape index (κ2) is 5.42. The summed E-state index contributed by atoms with van der Waals surface area (Å²) in [7, 11) is 1.64. The summed E-state index contributed by atoms with van der Waals surface area (Å²) in [4.78, 5) is 7.52. The summed E-state index contributed by atoms with van der Waals surface area (Å²) in [6, 6.07) is 5.93. The van der Waals surface area contributed by atoms with Gasteiger partial charge < -0.3 is 15.5 Å². The lowest BCUT2D eigenvalue weighted by molar-refractivity contribution is 0.416. The van der Waals surface area contributed by atoms with E-state index in [0.29, 0.717) is 23.9 Å². The van der Waals surface area contributed by atoms with Crippen molar-refractivity contribution in [3.63, 3.8) is 0 Å². The summed E-state index contributed by atoms with van der Waals surface area (Å²) in [6.07, 6.45) is 0.681. The van der Waals surface area contributed by atoms with Crippen LogP contribution in [0.3, 0.4) is 0 Å². The molecular weight excluding hydrogens is 250 g/mol. The predicted molar refractivity (Wildman–Crippen MR) is 73.1 cm³/mol. The Bertz CT molecular complexity index is 551. The van der Waals surface area contributed by atoms with E-state index in [1.54, 1.807) is 7.11 Å². The number of nitrogens with zero attached hydrogens (tertiary/aromatic N) is 1. The van der Waals surface area contributed by atoms with Crippen LogP contribution in [0, 0.1) is 6.92 Å². The molecule has 1 heterocycles. The van der Waals surface area contributed by atoms with E-state index in [1.165, 1.54) is 0 Å². The molecule has 0 unspecified atom stereocenters. The minimum atomic E-state index is 0.471. The first-order chi connectivity index (χ1) is 8.65. The third kappa shape index (κ3) is 2.49. The molecule has 0 atom stereocenters. The lowest BCUT2D eigenvalue weighted by Crippen LogP contribution is -2.03. The van der Waals surface area contributed by atoms with Gasteiger partial charge in [0.15, 0.2) is 5.15 Å². The Morgan fingerprint density at radius 2 is 2.22 bits per heavy atom. The van der Waals surface area contributed by atoms with Crippen molar-refractivity contribution >= 4 is 11.6 Å². The maximum absolute atomic E-state index is 6.07. The molecule has 2 rings (SSSR count). The van der Waals surface area contributed by atoms with Crippen LogP contribution >= 0.6 is 11.6 Å². The highest BCUT2D eigenvalue weighted by Crippen LogP contribution is 2.30. The Morgan fingerprint density at radius 3 is 2.89 bits per heavy atom. The number of rotatable bonds is 4. The molecule has 0 bridgehead atoms. The van der Waals surface area contributed by atoms with E-state index in [4.69, 9.17) is 22.1 Å². The number of nitrogens with two attached hydrogens (primary N) is 1. The molecule has 0 amide bonds. The van der Waals surface area contributed by atoms with Gasteiger partial charge in [-0.05, 0) is 25.6 Å². The molecular formula is C13H16ClN3O. The zero-order chi connectivity index (χ0) is 13.1. The van der Waals surface area contributed by atoms with E-state index in [0.717, 1.165) is 22.6 Å². The van der Waals surface area contributed by atoms with Crippen LogP contribution in [0.5, 0.6) is 5.75 Å². The van der Waals surface area contributed by atoms with Gasteiger partial charge in [-0.25, -0.2) is 4.98 Å². The van der Waals surface area contributed by atoms with Gasteiger partial charge in [0.25, 0.3) is 0 Å². The van der Waals surface area contributed by atoms with Crippen LogP contribution in [-0.2, 0) is 6.42 Å². The molecule has 3 N–H and O–H groups in total. The largest absolute Gasteiger partial charge is 0.496 e. The first-order valence-corrected chi connectivity index (χ1v) is 6.13. The molecule has 4 nitrogen and oxygen atoms in total. The van der Waals surface area contributed by atoms with Gasteiger partial charge in [-0.3, -0.25) is 0 Å². The molecule has 96 valence electrons. The van der Waals surface area contributed by atoms with Gasteiger partial charge in [0.1, 0.15) is 11.6 Å². The van der Waals surface area contributed by atoms with Crippen LogP contribution in [0.25, 0.3) is 11.4 Å². The number of halogens is 1. The predicted octanol–water partition coefficient (Wildman–Crippen LogP) is 2.55. The zero-order valence-corrected chi connectivity index (χ0v) is 11.2. The van der Waals surface area contributed by atoms with Gasteiger partial charge in [-0.1, -0.05) is 23.2 Å². The zero-order valence-electron chi connectivity index (χ0n) is 10.5. The van der Waals surface area contributed by atoms with Crippen LogP contribution < -0.4 is 10.5 Å². The summed E-state index contributed by atoms with van der Waals surface area (Å²) in [5, 5.41) is 0.471. The van der Waals surface area contributed by atoms with Crippen LogP contribution in [0.15, 0.2) is 18.2 Å². The molecule has 1 aromatic carbocycles. The Morgan fingerprint density at radius 1 is 1.44 bits per heavy atom. The van der Waals surface area contributed by atoms with Gasteiger partial charge in [0.05, 0.1) is 18.4 Å². The van der Waals surface area contributed by atoms with Crippen molar-refractivity contribution in [2.45, 2.75) is 13.3 Å². The van der Waals surface area contributed by atoms with Gasteiger partial charge in [-0.2, -0.15) is 0 Å². The summed E-state index contributed by atoms with van der Waals surface area (Å²) in [5.41, 5.74) is 8.43. The molecule has 0 spiro atoms. The molecule has 0 fully saturated rings. The van der Waals surface area contributed by atoms with Crippen molar-refractivity contribution in [3.05, 3.63) is 34.6 Å². The highest BCUT2D eigenvalue weighted by Gasteiger charge is 2.13. The van der Waals surface area contributed by atoms with E-state index >= 15 is 0 Å². The van der Waals surface area contributed by atoms with Crippen molar-refractivity contribution in [2.24, 2.45) is 5.73 Å². The first-order valence-electron chi connectivity index (χ1n) is 5.75. The third-order valence-corrected chi connectivity index (χ3v) is 3.05. The van der Waals surface area contributed by atoms with Crippen molar-refractivity contribution in [1.29, 1.82) is 0 Å². The fraction of sp³-hybridized carbons (Fsp3) is 0.308. The number of H-pyrrole nitrogens is 1. The van der Waals surface area contributed by atoms with E-state index in [9.17, 15) is 0 Å². The van der Waals surface area contributed by atoms with E-state index in [2.05, 4.69) is 9.97 Å². The molecule has 0 aliphatic rings. The maximum atomic E-state index is 6.07. The average Bonchev–Trinajstić information content (AvgIpc) is 2.71. The number of hydrogen-bond acceptors (Lipinski definition) is 3. The third-order valence-electron chi connectivity index (χ3n) is 2.73. The molecule has 0 aliphatic carbocycles. The number of aryl methyl sites for hydroxylation is 1. The van der Waals surface area contributed by atoms with Crippen LogP contribution in [0.2, 0.25) is 5.15 Å². The average molecular weight is 266 g/mol. The van der Waals surface area contributed by atoms with E-state index < -0.39 is 0 Å². The fourth-order valence-corrected chi connectivity index (χ4v) is 2.06. The Kier molecular flexibility index (Phi) is 3.89. The van der Waals surface area contributed by atoms with Gasteiger partial charge in [-0.15, -0.1) is 0 Å². The summed E-state index contributed by atoms with van der Waals surface area (Å²) < 4.78 is 5.34. The normalized spacial score (nSPS) is 10.7. The smallest absolute Gasteiger partial charge is 0.150 e.